The van der Waals surface area contributed by atoms with Crippen molar-refractivity contribution in [3.8, 4) is 11.5 Å². The number of rotatable bonds is 6. The van der Waals surface area contributed by atoms with Crippen molar-refractivity contribution < 1.29 is 13.7 Å². The monoisotopic (exact) mass is 373 g/mol. The summed E-state index contributed by atoms with van der Waals surface area (Å²) in [5.74, 6) is 0.582. The van der Waals surface area contributed by atoms with Crippen LogP contribution in [0.2, 0.25) is 0 Å². The molecule has 0 aliphatic rings. The normalized spacial score (nSPS) is 11.8. The second-order valence-electron chi connectivity index (χ2n) is 6.36. The third kappa shape index (κ3) is 3.96. The molecule has 6 nitrogen and oxygen atoms in total. The van der Waals surface area contributed by atoms with Crippen LogP contribution in [0.3, 0.4) is 0 Å². The summed E-state index contributed by atoms with van der Waals surface area (Å²) in [6.07, 6.45) is 1.53. The van der Waals surface area contributed by atoms with Crippen molar-refractivity contribution in [2.24, 2.45) is 0 Å². The number of nitrogens with zero attached hydrogens (tertiary/aromatic N) is 1. The van der Waals surface area contributed by atoms with Crippen LogP contribution in [0.5, 0.6) is 0 Å². The van der Waals surface area contributed by atoms with Crippen molar-refractivity contribution in [2.45, 2.75) is 13.0 Å². The first kappa shape index (κ1) is 17.6. The number of furan rings is 1. The molecule has 28 heavy (non-hydrogen) atoms. The summed E-state index contributed by atoms with van der Waals surface area (Å²) in [6, 6.07) is 22.9. The van der Waals surface area contributed by atoms with Gasteiger partial charge < -0.3 is 19.6 Å². The molecule has 0 saturated carbocycles. The largest absolute Gasteiger partial charge is 0.461 e. The number of carbonyl (C=O) groups is 1. The van der Waals surface area contributed by atoms with Crippen LogP contribution < -0.4 is 10.6 Å². The third-order valence-electron chi connectivity index (χ3n) is 4.33. The minimum atomic E-state index is -0.347. The molecule has 4 aromatic rings. The second-order valence-corrected chi connectivity index (χ2v) is 6.36. The van der Waals surface area contributed by atoms with Crippen LogP contribution in [0.1, 0.15) is 29.0 Å². The summed E-state index contributed by atoms with van der Waals surface area (Å²) in [7, 11) is 0. The van der Waals surface area contributed by atoms with Crippen molar-refractivity contribution in [3.05, 3.63) is 90.3 Å². The van der Waals surface area contributed by atoms with E-state index in [4.69, 9.17) is 8.94 Å². The van der Waals surface area contributed by atoms with E-state index >= 15 is 0 Å². The van der Waals surface area contributed by atoms with Crippen LogP contribution in [-0.2, 0) is 0 Å². The Morgan fingerprint density at radius 2 is 1.68 bits per heavy atom. The molecular weight excluding hydrogens is 354 g/mol. The Morgan fingerprint density at radius 1 is 0.929 bits per heavy atom. The van der Waals surface area contributed by atoms with Gasteiger partial charge in [-0.3, -0.25) is 4.79 Å². The first-order valence-electron chi connectivity index (χ1n) is 8.92. The number of nitrogens with one attached hydrogen (secondary N) is 2. The predicted octanol–water partition coefficient (Wildman–Crippen LogP) is 5.36. The Bertz CT molecular complexity index is 1040. The molecule has 0 spiro atoms. The smallest absolute Gasteiger partial charge is 0.277 e. The van der Waals surface area contributed by atoms with E-state index in [1.165, 1.54) is 11.8 Å². The summed E-state index contributed by atoms with van der Waals surface area (Å²) in [5, 5.41) is 10.0. The third-order valence-corrected chi connectivity index (χ3v) is 4.33. The maximum Gasteiger partial charge on any atom is 0.277 e. The highest BCUT2D eigenvalue weighted by molar-refractivity contribution is 6.03. The van der Waals surface area contributed by atoms with Gasteiger partial charge in [0.15, 0.2) is 11.5 Å². The van der Waals surface area contributed by atoms with Gasteiger partial charge in [0.2, 0.25) is 5.76 Å². The molecule has 1 amide bonds. The predicted molar refractivity (Wildman–Crippen MR) is 107 cm³/mol. The number of anilines is 2. The van der Waals surface area contributed by atoms with Crippen LogP contribution in [0, 0.1) is 0 Å². The number of amides is 1. The summed E-state index contributed by atoms with van der Waals surface area (Å²) in [6.45, 7) is 2.10. The minimum Gasteiger partial charge on any atom is -0.461 e. The Balaban J connectivity index is 1.38. The zero-order chi connectivity index (χ0) is 19.3. The molecule has 0 radical (unpaired) electrons. The van der Waals surface area contributed by atoms with Gasteiger partial charge in [-0.05, 0) is 48.9 Å². The van der Waals surface area contributed by atoms with Gasteiger partial charge in [-0.2, -0.15) is 0 Å². The SMILES string of the molecule is CC(Nc1ccc(NC(=O)c2cc(-c3ccco3)on2)cc1)c1ccccc1. The lowest BCUT2D eigenvalue weighted by Gasteiger charge is -2.16. The van der Waals surface area contributed by atoms with Gasteiger partial charge in [-0.15, -0.1) is 0 Å². The van der Waals surface area contributed by atoms with E-state index in [0.29, 0.717) is 17.2 Å². The standard InChI is InChI=1S/C22H19N3O3/c1-15(16-6-3-2-4-7-16)23-17-9-11-18(12-10-17)24-22(26)19-14-21(28-25-19)20-8-5-13-27-20/h2-15,23H,1H3,(H,24,26). The number of hydrogen-bond acceptors (Lipinski definition) is 5. The van der Waals surface area contributed by atoms with E-state index in [2.05, 4.69) is 34.8 Å². The molecule has 0 aliphatic carbocycles. The Morgan fingerprint density at radius 3 is 2.39 bits per heavy atom. The molecule has 2 aromatic heterocycles. The minimum absolute atomic E-state index is 0.178. The molecule has 2 aromatic carbocycles. The Labute approximate surface area is 162 Å². The molecule has 140 valence electrons. The number of benzene rings is 2. The van der Waals surface area contributed by atoms with E-state index in [0.717, 1.165) is 5.69 Å². The molecule has 0 aliphatic heterocycles. The zero-order valence-electron chi connectivity index (χ0n) is 15.3. The Hall–Kier alpha value is -3.80. The topological polar surface area (TPSA) is 80.3 Å². The van der Waals surface area contributed by atoms with E-state index in [9.17, 15) is 4.79 Å². The molecule has 1 unspecified atom stereocenters. The van der Waals surface area contributed by atoms with Crippen molar-refractivity contribution in [3.63, 3.8) is 0 Å². The zero-order valence-corrected chi connectivity index (χ0v) is 15.3. The van der Waals surface area contributed by atoms with Crippen LogP contribution in [0.4, 0.5) is 11.4 Å². The number of carbonyl (C=O) groups excluding carboxylic acids is 1. The summed E-state index contributed by atoms with van der Waals surface area (Å²) in [4.78, 5) is 12.4. The second kappa shape index (κ2) is 7.84. The first-order valence-corrected chi connectivity index (χ1v) is 8.92. The maximum absolute atomic E-state index is 12.4. The quantitative estimate of drug-likeness (QED) is 0.475. The van der Waals surface area contributed by atoms with Gasteiger partial charge in [0.25, 0.3) is 5.91 Å². The van der Waals surface area contributed by atoms with Crippen molar-refractivity contribution in [1.29, 1.82) is 0 Å². The first-order chi connectivity index (χ1) is 13.7. The summed E-state index contributed by atoms with van der Waals surface area (Å²) in [5.41, 5.74) is 3.03. The molecular formula is C22H19N3O3. The van der Waals surface area contributed by atoms with Gasteiger partial charge >= 0.3 is 0 Å². The van der Waals surface area contributed by atoms with E-state index < -0.39 is 0 Å². The van der Waals surface area contributed by atoms with Crippen LogP contribution >= 0.6 is 0 Å². The van der Waals surface area contributed by atoms with Crippen molar-refractivity contribution in [2.75, 3.05) is 10.6 Å². The van der Waals surface area contributed by atoms with Gasteiger partial charge in [-0.1, -0.05) is 35.5 Å². The number of aromatic nitrogens is 1. The molecule has 0 bridgehead atoms. The average molecular weight is 373 g/mol. The van der Waals surface area contributed by atoms with Crippen molar-refractivity contribution >= 4 is 17.3 Å². The fraction of sp³-hybridized carbons (Fsp3) is 0.0909. The van der Waals surface area contributed by atoms with Gasteiger partial charge in [0, 0.05) is 23.5 Å². The Kier molecular flexibility index (Phi) is 4.93. The molecule has 2 heterocycles. The highest BCUT2D eigenvalue weighted by Gasteiger charge is 2.15. The lowest BCUT2D eigenvalue weighted by atomic mass is 10.1. The van der Waals surface area contributed by atoms with E-state index in [-0.39, 0.29) is 17.6 Å². The molecule has 6 heteroatoms. The highest BCUT2D eigenvalue weighted by atomic mass is 16.5. The lowest BCUT2D eigenvalue weighted by Crippen LogP contribution is -2.12. The average Bonchev–Trinajstić information content (AvgIpc) is 3.42. The lowest BCUT2D eigenvalue weighted by molar-refractivity contribution is 0.101. The summed E-state index contributed by atoms with van der Waals surface area (Å²) >= 11 is 0. The van der Waals surface area contributed by atoms with E-state index in [1.807, 2.05) is 42.5 Å². The molecule has 0 saturated heterocycles. The molecule has 0 fully saturated rings. The maximum atomic E-state index is 12.4. The molecule has 4 rings (SSSR count). The van der Waals surface area contributed by atoms with Crippen LogP contribution in [0.15, 0.2) is 88.0 Å². The molecule has 2 N–H and O–H groups in total. The van der Waals surface area contributed by atoms with Crippen LogP contribution in [-0.4, -0.2) is 11.1 Å². The fourth-order valence-corrected chi connectivity index (χ4v) is 2.84. The van der Waals surface area contributed by atoms with Gasteiger partial charge in [0.1, 0.15) is 0 Å². The van der Waals surface area contributed by atoms with Gasteiger partial charge in [-0.25, -0.2) is 0 Å². The molecule has 1 atom stereocenters. The van der Waals surface area contributed by atoms with Crippen LogP contribution in [0.25, 0.3) is 11.5 Å². The van der Waals surface area contributed by atoms with Gasteiger partial charge in [0.05, 0.1) is 6.26 Å². The fourth-order valence-electron chi connectivity index (χ4n) is 2.84. The van der Waals surface area contributed by atoms with E-state index in [1.54, 1.807) is 18.2 Å². The number of hydrogen-bond donors (Lipinski definition) is 2. The highest BCUT2D eigenvalue weighted by Crippen LogP contribution is 2.23. The van der Waals surface area contributed by atoms with Crippen molar-refractivity contribution in [1.82, 2.24) is 5.16 Å². The summed E-state index contributed by atoms with van der Waals surface area (Å²) < 4.78 is 10.4.